The lowest BCUT2D eigenvalue weighted by atomic mass is 10.3. The van der Waals surface area contributed by atoms with E-state index in [1.807, 2.05) is 24.3 Å². The van der Waals surface area contributed by atoms with Crippen molar-refractivity contribution in [3.8, 4) is 0 Å². The highest BCUT2D eigenvalue weighted by Gasteiger charge is 2.11. The van der Waals surface area contributed by atoms with Crippen molar-refractivity contribution in [2.75, 3.05) is 11.1 Å². The van der Waals surface area contributed by atoms with Gasteiger partial charge in [-0.2, -0.15) is 8.42 Å². The summed E-state index contributed by atoms with van der Waals surface area (Å²) < 4.78 is 30.4. The van der Waals surface area contributed by atoms with E-state index in [-0.39, 0.29) is 6.42 Å². The molecule has 0 aliphatic heterocycles. The third-order valence-corrected chi connectivity index (χ3v) is 3.80. The quantitative estimate of drug-likeness (QED) is 0.830. The molecule has 0 radical (unpaired) electrons. The molecule has 1 aromatic heterocycles. The molecule has 0 saturated heterocycles. The third-order valence-electron chi connectivity index (χ3n) is 2.13. The van der Waals surface area contributed by atoms with Crippen LogP contribution in [0.5, 0.6) is 0 Å². The fraction of sp³-hybridized carbons (Fsp3) is 0.200. The van der Waals surface area contributed by atoms with Crippen molar-refractivity contribution in [2.45, 2.75) is 6.42 Å². The van der Waals surface area contributed by atoms with E-state index in [1.54, 1.807) is 0 Å². The minimum Gasteiger partial charge on any atom is -0.302 e. The average molecular weight is 286 g/mol. The molecule has 2 aromatic rings. The summed E-state index contributed by atoms with van der Waals surface area (Å²) in [7, 11) is -4.11. The number of anilines is 1. The number of benzene rings is 1. The van der Waals surface area contributed by atoms with Crippen LogP contribution in [0.1, 0.15) is 6.42 Å². The first-order valence-corrected chi connectivity index (χ1v) is 7.47. The second-order valence-corrected chi connectivity index (χ2v) is 6.17. The van der Waals surface area contributed by atoms with Gasteiger partial charge in [0.2, 0.25) is 5.91 Å². The number of rotatable bonds is 4. The van der Waals surface area contributed by atoms with Gasteiger partial charge >= 0.3 is 0 Å². The topological polar surface area (TPSA) is 96.4 Å². The van der Waals surface area contributed by atoms with E-state index < -0.39 is 21.8 Å². The summed E-state index contributed by atoms with van der Waals surface area (Å²) >= 11 is 1.30. The number of para-hydroxylation sites is 1. The number of aromatic nitrogens is 1. The molecule has 8 heteroatoms. The molecule has 0 aliphatic carbocycles. The van der Waals surface area contributed by atoms with Gasteiger partial charge in [0.15, 0.2) is 5.13 Å². The van der Waals surface area contributed by atoms with Gasteiger partial charge in [0.05, 0.1) is 16.0 Å². The molecule has 2 N–H and O–H groups in total. The van der Waals surface area contributed by atoms with Crippen LogP contribution in [0.25, 0.3) is 10.2 Å². The number of hydrogen-bond acceptors (Lipinski definition) is 5. The van der Waals surface area contributed by atoms with E-state index in [0.717, 1.165) is 10.2 Å². The lowest BCUT2D eigenvalue weighted by Gasteiger charge is -1.99. The minimum atomic E-state index is -4.11. The van der Waals surface area contributed by atoms with Crippen LogP contribution in [0, 0.1) is 0 Å². The maximum Gasteiger partial charge on any atom is 0.265 e. The van der Waals surface area contributed by atoms with Gasteiger partial charge in [-0.05, 0) is 12.1 Å². The molecular weight excluding hydrogens is 276 g/mol. The molecule has 6 nitrogen and oxygen atoms in total. The number of amides is 1. The Hall–Kier alpha value is -1.51. The Morgan fingerprint density at radius 2 is 2.11 bits per heavy atom. The monoisotopic (exact) mass is 286 g/mol. The summed E-state index contributed by atoms with van der Waals surface area (Å²) in [5.74, 6) is -1.09. The number of nitrogens with one attached hydrogen (secondary N) is 1. The predicted molar refractivity (Wildman–Crippen MR) is 69.3 cm³/mol. The van der Waals surface area contributed by atoms with Crippen LogP contribution < -0.4 is 5.32 Å². The van der Waals surface area contributed by atoms with Crippen molar-refractivity contribution in [1.82, 2.24) is 4.98 Å². The van der Waals surface area contributed by atoms with Crippen LogP contribution in [-0.4, -0.2) is 29.6 Å². The molecule has 2 rings (SSSR count). The Balaban J connectivity index is 2.03. The zero-order valence-electron chi connectivity index (χ0n) is 9.16. The first-order chi connectivity index (χ1) is 8.44. The lowest BCUT2D eigenvalue weighted by molar-refractivity contribution is -0.115. The number of hydrogen-bond donors (Lipinski definition) is 2. The first-order valence-electron chi connectivity index (χ1n) is 5.05. The molecule has 0 fully saturated rings. The highest BCUT2D eigenvalue weighted by atomic mass is 32.2. The lowest BCUT2D eigenvalue weighted by Crippen LogP contribution is -2.16. The molecule has 0 atom stereocenters. The van der Waals surface area contributed by atoms with Gasteiger partial charge in [0, 0.05) is 6.42 Å². The number of fused-ring (bicyclic) bond motifs is 1. The fourth-order valence-electron chi connectivity index (χ4n) is 1.33. The molecule has 96 valence electrons. The van der Waals surface area contributed by atoms with E-state index in [1.165, 1.54) is 11.3 Å². The zero-order chi connectivity index (χ0) is 13.2. The summed E-state index contributed by atoms with van der Waals surface area (Å²) in [6, 6.07) is 7.40. The van der Waals surface area contributed by atoms with Crippen molar-refractivity contribution < 1.29 is 17.8 Å². The average Bonchev–Trinajstić information content (AvgIpc) is 2.67. The van der Waals surface area contributed by atoms with E-state index in [0.29, 0.717) is 5.13 Å². The number of thiazole rings is 1. The summed E-state index contributed by atoms with van der Waals surface area (Å²) in [6.07, 6.45) is -0.297. The number of carbonyl (C=O) groups is 1. The van der Waals surface area contributed by atoms with Crippen LogP contribution >= 0.6 is 11.3 Å². The minimum absolute atomic E-state index is 0.297. The van der Waals surface area contributed by atoms with Crippen LogP contribution in [0.2, 0.25) is 0 Å². The van der Waals surface area contributed by atoms with Gasteiger partial charge in [-0.15, -0.1) is 0 Å². The van der Waals surface area contributed by atoms with Crippen molar-refractivity contribution in [3.63, 3.8) is 0 Å². The second-order valence-electron chi connectivity index (χ2n) is 3.57. The standard InChI is InChI=1S/C10H10N2O4S2/c13-9(5-6-18(14,15)16)12-10-11-7-3-1-2-4-8(7)17-10/h1-4H,5-6H2,(H,11,12,13)(H,14,15,16). The second kappa shape index (κ2) is 5.01. The summed E-state index contributed by atoms with van der Waals surface area (Å²) in [5.41, 5.74) is 0.771. The van der Waals surface area contributed by atoms with E-state index >= 15 is 0 Å². The largest absolute Gasteiger partial charge is 0.302 e. The first kappa shape index (κ1) is 12.9. The van der Waals surface area contributed by atoms with Gasteiger partial charge in [0.1, 0.15) is 0 Å². The molecule has 0 aliphatic rings. The summed E-state index contributed by atoms with van der Waals surface area (Å²) in [5, 5.41) is 2.91. The van der Waals surface area contributed by atoms with E-state index in [4.69, 9.17) is 4.55 Å². The van der Waals surface area contributed by atoms with Crippen LogP contribution in [0.4, 0.5) is 5.13 Å². The molecule has 0 spiro atoms. The Labute approximate surface area is 107 Å². The Bertz CT molecular complexity index is 645. The van der Waals surface area contributed by atoms with Crippen LogP contribution in [0.15, 0.2) is 24.3 Å². The van der Waals surface area contributed by atoms with Gasteiger partial charge in [0.25, 0.3) is 10.1 Å². The third kappa shape index (κ3) is 3.49. The molecule has 0 unspecified atom stereocenters. The van der Waals surface area contributed by atoms with Crippen LogP contribution in [0.3, 0.4) is 0 Å². The Morgan fingerprint density at radius 1 is 1.39 bits per heavy atom. The molecule has 0 bridgehead atoms. The van der Waals surface area contributed by atoms with Crippen molar-refractivity contribution in [1.29, 1.82) is 0 Å². The highest BCUT2D eigenvalue weighted by molar-refractivity contribution is 7.85. The van der Waals surface area contributed by atoms with E-state index in [2.05, 4.69) is 10.3 Å². The van der Waals surface area contributed by atoms with Gasteiger partial charge < -0.3 is 5.32 Å². The Kier molecular flexibility index (Phi) is 3.60. The number of nitrogens with zero attached hydrogens (tertiary/aromatic N) is 1. The molecule has 18 heavy (non-hydrogen) atoms. The van der Waals surface area contributed by atoms with Crippen LogP contribution in [-0.2, 0) is 14.9 Å². The summed E-state index contributed by atoms with van der Waals surface area (Å²) in [6.45, 7) is 0. The number of carbonyl (C=O) groups excluding carboxylic acids is 1. The van der Waals surface area contributed by atoms with Gasteiger partial charge in [-0.1, -0.05) is 23.5 Å². The molecule has 0 saturated carbocycles. The zero-order valence-corrected chi connectivity index (χ0v) is 10.8. The summed E-state index contributed by atoms with van der Waals surface area (Å²) in [4.78, 5) is 15.6. The van der Waals surface area contributed by atoms with Crippen molar-refractivity contribution >= 4 is 42.7 Å². The molecule has 1 amide bonds. The van der Waals surface area contributed by atoms with Crippen molar-refractivity contribution in [2.24, 2.45) is 0 Å². The van der Waals surface area contributed by atoms with E-state index in [9.17, 15) is 13.2 Å². The molecule has 1 aromatic carbocycles. The normalized spacial score (nSPS) is 11.6. The fourth-order valence-corrected chi connectivity index (χ4v) is 2.65. The molecule has 1 heterocycles. The van der Waals surface area contributed by atoms with Gasteiger partial charge in [-0.25, -0.2) is 4.98 Å². The van der Waals surface area contributed by atoms with Crippen molar-refractivity contribution in [3.05, 3.63) is 24.3 Å². The SMILES string of the molecule is O=C(CCS(=O)(=O)O)Nc1nc2ccccc2s1. The smallest absolute Gasteiger partial charge is 0.265 e. The molecular formula is C10H10N2O4S2. The van der Waals surface area contributed by atoms with Gasteiger partial charge in [-0.3, -0.25) is 9.35 Å². The maximum absolute atomic E-state index is 11.4. The maximum atomic E-state index is 11.4. The highest BCUT2D eigenvalue weighted by Crippen LogP contribution is 2.25. The predicted octanol–water partition coefficient (Wildman–Crippen LogP) is 1.51. The Morgan fingerprint density at radius 3 is 2.78 bits per heavy atom.